The van der Waals surface area contributed by atoms with Gasteiger partial charge < -0.3 is 14.7 Å². The number of aliphatic hydroxyl groups is 1. The molecule has 4 aromatic rings. The van der Waals surface area contributed by atoms with Crippen LogP contribution < -0.4 is 4.74 Å². The van der Waals surface area contributed by atoms with Gasteiger partial charge in [-0.2, -0.15) is 5.10 Å². The Balaban J connectivity index is 1.65. The molecule has 8 heteroatoms. The Labute approximate surface area is 214 Å². The number of amides is 1. The van der Waals surface area contributed by atoms with E-state index in [9.17, 15) is 14.7 Å². The summed E-state index contributed by atoms with van der Waals surface area (Å²) in [7, 11) is 0. The van der Waals surface area contributed by atoms with Crippen molar-refractivity contribution in [3.05, 3.63) is 113 Å². The minimum atomic E-state index is -0.819. The van der Waals surface area contributed by atoms with Crippen LogP contribution in [0.5, 0.6) is 5.75 Å². The lowest BCUT2D eigenvalue weighted by molar-refractivity contribution is -0.140. The number of rotatable bonds is 7. The summed E-state index contributed by atoms with van der Waals surface area (Å²) in [4.78, 5) is 32.3. The van der Waals surface area contributed by atoms with Crippen LogP contribution in [0.25, 0.3) is 11.4 Å². The predicted molar refractivity (Wildman–Crippen MR) is 138 cm³/mol. The van der Waals surface area contributed by atoms with Crippen LogP contribution in [0.1, 0.15) is 35.3 Å². The van der Waals surface area contributed by atoms with E-state index >= 15 is 0 Å². The monoisotopic (exact) mass is 494 g/mol. The van der Waals surface area contributed by atoms with Crippen LogP contribution in [0, 0.1) is 6.92 Å². The Hall–Kier alpha value is -4.72. The average Bonchev–Trinajstić information content (AvgIpc) is 3.42. The van der Waals surface area contributed by atoms with Gasteiger partial charge in [0.1, 0.15) is 11.5 Å². The van der Waals surface area contributed by atoms with Gasteiger partial charge in [0, 0.05) is 18.9 Å². The number of aromatic nitrogens is 3. The van der Waals surface area contributed by atoms with Gasteiger partial charge >= 0.3 is 0 Å². The van der Waals surface area contributed by atoms with Gasteiger partial charge in [0.05, 0.1) is 41.4 Å². The van der Waals surface area contributed by atoms with Gasteiger partial charge in [-0.1, -0.05) is 36.4 Å². The number of hydrogen-bond donors (Lipinski definition) is 1. The van der Waals surface area contributed by atoms with Crippen molar-refractivity contribution in [1.82, 2.24) is 19.7 Å². The van der Waals surface area contributed by atoms with Crippen molar-refractivity contribution in [2.75, 3.05) is 6.61 Å². The van der Waals surface area contributed by atoms with Crippen molar-refractivity contribution in [1.29, 1.82) is 0 Å². The molecule has 2 aromatic carbocycles. The van der Waals surface area contributed by atoms with Gasteiger partial charge in [-0.15, -0.1) is 0 Å². The van der Waals surface area contributed by atoms with E-state index < -0.39 is 17.7 Å². The van der Waals surface area contributed by atoms with Gasteiger partial charge in [0.25, 0.3) is 11.7 Å². The van der Waals surface area contributed by atoms with Gasteiger partial charge in [-0.05, 0) is 55.3 Å². The molecule has 1 saturated heterocycles. The number of pyridine rings is 1. The number of aliphatic hydroxyl groups excluding tert-OH is 1. The molecule has 1 unspecified atom stereocenters. The molecule has 0 spiro atoms. The molecule has 0 bridgehead atoms. The minimum Gasteiger partial charge on any atom is -0.507 e. The van der Waals surface area contributed by atoms with Crippen LogP contribution in [-0.2, 0) is 16.1 Å². The zero-order valence-electron chi connectivity index (χ0n) is 20.5. The third-order valence-corrected chi connectivity index (χ3v) is 6.37. The summed E-state index contributed by atoms with van der Waals surface area (Å²) < 4.78 is 7.36. The molecular weight excluding hydrogens is 468 g/mol. The number of ketones is 1. The molecule has 0 saturated carbocycles. The van der Waals surface area contributed by atoms with E-state index in [0.29, 0.717) is 29.2 Å². The lowest BCUT2D eigenvalue weighted by atomic mass is 9.95. The molecule has 8 nitrogen and oxygen atoms in total. The highest BCUT2D eigenvalue weighted by atomic mass is 16.5. The first-order valence-electron chi connectivity index (χ1n) is 12.0. The fourth-order valence-electron chi connectivity index (χ4n) is 4.64. The topological polar surface area (TPSA) is 97.5 Å². The van der Waals surface area contributed by atoms with Crippen molar-refractivity contribution in [2.45, 2.75) is 26.4 Å². The number of carbonyl (C=O) groups is 2. The SMILES string of the molecule is CCOc1cccc(C2/C(=C(\O)c3cnn(-c4ccccc4)c3C)C(=O)C(=O)N2Cc2cccnc2)c1. The van der Waals surface area contributed by atoms with Crippen molar-refractivity contribution in [3.8, 4) is 11.4 Å². The van der Waals surface area contributed by atoms with Crippen LogP contribution in [0.15, 0.2) is 90.9 Å². The summed E-state index contributed by atoms with van der Waals surface area (Å²) in [6, 6.07) is 19.5. The highest BCUT2D eigenvalue weighted by molar-refractivity contribution is 6.46. The smallest absolute Gasteiger partial charge is 0.295 e. The van der Waals surface area contributed by atoms with Crippen molar-refractivity contribution in [2.24, 2.45) is 0 Å². The highest BCUT2D eigenvalue weighted by Gasteiger charge is 2.46. The maximum Gasteiger partial charge on any atom is 0.295 e. The number of likely N-dealkylation sites (tertiary alicyclic amines) is 1. The van der Waals surface area contributed by atoms with Crippen LogP contribution in [-0.4, -0.2) is 43.1 Å². The average molecular weight is 495 g/mol. The number of ether oxygens (including phenoxy) is 1. The molecule has 5 rings (SSSR count). The molecule has 0 radical (unpaired) electrons. The second-order valence-electron chi connectivity index (χ2n) is 8.68. The number of hydrogen-bond acceptors (Lipinski definition) is 6. The summed E-state index contributed by atoms with van der Waals surface area (Å²) in [6.07, 6.45) is 4.81. The number of para-hydroxylation sites is 1. The zero-order valence-corrected chi connectivity index (χ0v) is 20.5. The van der Waals surface area contributed by atoms with E-state index in [4.69, 9.17) is 4.74 Å². The van der Waals surface area contributed by atoms with Crippen LogP contribution in [0.4, 0.5) is 0 Å². The van der Waals surface area contributed by atoms with E-state index in [-0.39, 0.29) is 17.9 Å². The van der Waals surface area contributed by atoms with Crippen molar-refractivity contribution in [3.63, 3.8) is 0 Å². The fourth-order valence-corrected chi connectivity index (χ4v) is 4.64. The molecule has 1 aliphatic heterocycles. The third-order valence-electron chi connectivity index (χ3n) is 6.37. The van der Waals surface area contributed by atoms with Crippen molar-refractivity contribution < 1.29 is 19.4 Å². The summed E-state index contributed by atoms with van der Waals surface area (Å²) in [5, 5.41) is 16.0. The summed E-state index contributed by atoms with van der Waals surface area (Å²) >= 11 is 0. The summed E-state index contributed by atoms with van der Waals surface area (Å²) in [6.45, 7) is 4.32. The molecule has 2 aromatic heterocycles. The van der Waals surface area contributed by atoms with E-state index in [0.717, 1.165) is 11.3 Å². The molecule has 37 heavy (non-hydrogen) atoms. The number of carbonyl (C=O) groups excluding carboxylic acids is 2. The normalized spacial score (nSPS) is 16.8. The van der Waals surface area contributed by atoms with Gasteiger partial charge in [-0.25, -0.2) is 4.68 Å². The lowest BCUT2D eigenvalue weighted by Crippen LogP contribution is -2.29. The van der Waals surface area contributed by atoms with Crippen molar-refractivity contribution >= 4 is 17.4 Å². The van der Waals surface area contributed by atoms with E-state index in [1.54, 1.807) is 29.2 Å². The highest BCUT2D eigenvalue weighted by Crippen LogP contribution is 2.41. The second kappa shape index (κ2) is 10.1. The third kappa shape index (κ3) is 4.49. The van der Waals surface area contributed by atoms with Crippen LogP contribution in [0.2, 0.25) is 0 Å². The van der Waals surface area contributed by atoms with Gasteiger partial charge in [0.2, 0.25) is 0 Å². The Kier molecular flexibility index (Phi) is 6.55. The molecular formula is C29H26N4O4. The molecule has 1 atom stereocenters. The molecule has 1 fully saturated rings. The fraction of sp³-hybridized carbons (Fsp3) is 0.172. The number of benzene rings is 2. The lowest BCUT2D eigenvalue weighted by Gasteiger charge is -2.25. The first-order valence-corrected chi connectivity index (χ1v) is 12.0. The van der Waals surface area contributed by atoms with Gasteiger partial charge in [0.15, 0.2) is 0 Å². The Morgan fingerprint density at radius 2 is 1.84 bits per heavy atom. The number of Topliss-reactive ketones (excluding diaryl/α,β-unsaturated/α-hetero) is 1. The minimum absolute atomic E-state index is 0.0123. The molecule has 1 N–H and O–H groups in total. The Morgan fingerprint density at radius 1 is 1.03 bits per heavy atom. The van der Waals surface area contributed by atoms with E-state index in [2.05, 4.69) is 10.1 Å². The molecule has 1 amide bonds. The predicted octanol–water partition coefficient (Wildman–Crippen LogP) is 4.60. The first kappa shape index (κ1) is 24.0. The molecule has 186 valence electrons. The second-order valence-corrected chi connectivity index (χ2v) is 8.68. The largest absolute Gasteiger partial charge is 0.507 e. The number of nitrogens with zero attached hydrogens (tertiary/aromatic N) is 4. The standard InChI is InChI=1S/C29H26N4O4/c1-3-37-23-13-7-10-21(15-23)26-25(28(35)29(36)32(26)18-20-9-8-14-30-16-20)27(34)24-17-31-33(19(24)2)22-11-5-4-6-12-22/h4-17,26,34H,3,18H2,1-2H3/b27-25+. The maximum absolute atomic E-state index is 13.4. The summed E-state index contributed by atoms with van der Waals surface area (Å²) in [5.41, 5.74) is 3.28. The van der Waals surface area contributed by atoms with Gasteiger partial charge in [-0.3, -0.25) is 14.6 Å². The van der Waals surface area contributed by atoms with Crippen LogP contribution in [0.3, 0.4) is 0 Å². The molecule has 0 aliphatic carbocycles. The Morgan fingerprint density at radius 3 is 2.57 bits per heavy atom. The maximum atomic E-state index is 13.4. The zero-order chi connectivity index (χ0) is 25.9. The Bertz CT molecular complexity index is 1480. The van der Waals surface area contributed by atoms with Crippen LogP contribution >= 0.6 is 0 Å². The molecule has 1 aliphatic rings. The first-order chi connectivity index (χ1) is 18.0. The molecule has 3 heterocycles. The van der Waals surface area contributed by atoms with E-state index in [1.807, 2.05) is 68.4 Å². The quantitative estimate of drug-likeness (QED) is 0.229. The summed E-state index contributed by atoms with van der Waals surface area (Å²) in [5.74, 6) is -1.09. The van der Waals surface area contributed by atoms with E-state index in [1.165, 1.54) is 11.1 Å².